The molecule has 16 heavy (non-hydrogen) atoms. The van der Waals surface area contributed by atoms with Gasteiger partial charge >= 0.3 is 0 Å². The van der Waals surface area contributed by atoms with E-state index >= 15 is 0 Å². The molecule has 90 valence electrons. The first-order chi connectivity index (χ1) is 7.52. The third kappa shape index (κ3) is 3.81. The molecule has 0 aliphatic rings. The van der Waals surface area contributed by atoms with Crippen molar-refractivity contribution in [1.29, 1.82) is 0 Å². The van der Waals surface area contributed by atoms with Gasteiger partial charge in [-0.25, -0.2) is 4.98 Å². The van der Waals surface area contributed by atoms with Gasteiger partial charge in [-0.1, -0.05) is 13.8 Å². The average molecular weight is 222 g/mol. The Morgan fingerprint density at radius 2 is 2.06 bits per heavy atom. The van der Waals surface area contributed by atoms with E-state index in [2.05, 4.69) is 23.7 Å². The van der Waals surface area contributed by atoms with Crippen molar-refractivity contribution in [2.75, 3.05) is 18.5 Å². The molecule has 1 N–H and O–H groups in total. The van der Waals surface area contributed by atoms with Crippen LogP contribution in [0.15, 0.2) is 12.1 Å². The molecule has 0 radical (unpaired) electrons. The third-order valence-electron chi connectivity index (χ3n) is 2.62. The van der Waals surface area contributed by atoms with Gasteiger partial charge in [0.25, 0.3) is 0 Å². The lowest BCUT2D eigenvalue weighted by Crippen LogP contribution is -2.21. The van der Waals surface area contributed by atoms with Gasteiger partial charge in [-0.05, 0) is 37.0 Å². The first-order valence-corrected chi connectivity index (χ1v) is 5.82. The van der Waals surface area contributed by atoms with Gasteiger partial charge in [0.2, 0.25) is 0 Å². The van der Waals surface area contributed by atoms with Gasteiger partial charge in [-0.15, -0.1) is 0 Å². The van der Waals surface area contributed by atoms with Gasteiger partial charge in [0.15, 0.2) is 0 Å². The predicted octanol–water partition coefficient (Wildman–Crippen LogP) is 2.36. The zero-order chi connectivity index (χ0) is 12.1. The van der Waals surface area contributed by atoms with E-state index in [1.165, 1.54) is 0 Å². The maximum absolute atomic E-state index is 9.14. The van der Waals surface area contributed by atoms with Crippen LogP contribution in [0.5, 0.6) is 0 Å². The lowest BCUT2D eigenvalue weighted by Gasteiger charge is -2.20. The van der Waals surface area contributed by atoms with E-state index in [0.29, 0.717) is 5.92 Å². The molecule has 1 aromatic heterocycles. The Morgan fingerprint density at radius 1 is 1.38 bits per heavy atom. The number of aliphatic hydroxyl groups is 1. The molecule has 0 atom stereocenters. The van der Waals surface area contributed by atoms with Crippen molar-refractivity contribution in [1.82, 2.24) is 4.98 Å². The second-order valence-corrected chi connectivity index (χ2v) is 4.74. The topological polar surface area (TPSA) is 36.4 Å². The SMILES string of the molecule is Cc1cc(CO)cc(N(C)CCC(C)C)n1. The van der Waals surface area contributed by atoms with Crippen molar-refractivity contribution in [3.8, 4) is 0 Å². The van der Waals surface area contributed by atoms with Crippen molar-refractivity contribution in [2.45, 2.75) is 33.8 Å². The first-order valence-electron chi connectivity index (χ1n) is 5.82. The Hall–Kier alpha value is -1.09. The third-order valence-corrected chi connectivity index (χ3v) is 2.62. The molecule has 0 unspecified atom stereocenters. The average Bonchev–Trinajstić information content (AvgIpc) is 2.24. The molecule has 3 nitrogen and oxygen atoms in total. The van der Waals surface area contributed by atoms with Crippen molar-refractivity contribution < 1.29 is 5.11 Å². The van der Waals surface area contributed by atoms with Gasteiger partial charge in [0.1, 0.15) is 5.82 Å². The van der Waals surface area contributed by atoms with Crippen LogP contribution in [0, 0.1) is 12.8 Å². The fourth-order valence-electron chi connectivity index (χ4n) is 1.57. The molecule has 0 fully saturated rings. The van der Waals surface area contributed by atoms with Gasteiger partial charge in [-0.3, -0.25) is 0 Å². The summed E-state index contributed by atoms with van der Waals surface area (Å²) >= 11 is 0. The Labute approximate surface area is 98.1 Å². The highest BCUT2D eigenvalue weighted by Gasteiger charge is 2.05. The van der Waals surface area contributed by atoms with E-state index in [1.807, 2.05) is 26.1 Å². The van der Waals surface area contributed by atoms with Crippen LogP contribution in [0.2, 0.25) is 0 Å². The summed E-state index contributed by atoms with van der Waals surface area (Å²) in [5, 5.41) is 9.14. The number of anilines is 1. The quantitative estimate of drug-likeness (QED) is 0.831. The van der Waals surface area contributed by atoms with Crippen LogP contribution in [0.25, 0.3) is 0 Å². The van der Waals surface area contributed by atoms with Crippen LogP contribution >= 0.6 is 0 Å². The van der Waals surface area contributed by atoms with Gasteiger partial charge in [-0.2, -0.15) is 0 Å². The Morgan fingerprint density at radius 3 is 2.62 bits per heavy atom. The molecule has 0 saturated carbocycles. The fourth-order valence-corrected chi connectivity index (χ4v) is 1.57. The standard InChI is InChI=1S/C13H22N2O/c1-10(2)5-6-15(4)13-8-12(9-16)7-11(3)14-13/h7-8,10,16H,5-6,9H2,1-4H3. The summed E-state index contributed by atoms with van der Waals surface area (Å²) in [7, 11) is 2.05. The zero-order valence-electron chi connectivity index (χ0n) is 10.7. The molecule has 1 aromatic rings. The van der Waals surface area contributed by atoms with Crippen LogP contribution in [-0.2, 0) is 6.61 Å². The lowest BCUT2D eigenvalue weighted by molar-refractivity contribution is 0.281. The summed E-state index contributed by atoms with van der Waals surface area (Å²) in [4.78, 5) is 6.62. The van der Waals surface area contributed by atoms with E-state index in [0.717, 1.165) is 30.0 Å². The molecule has 0 saturated heterocycles. The molecule has 0 aliphatic heterocycles. The largest absolute Gasteiger partial charge is 0.392 e. The van der Waals surface area contributed by atoms with Crippen LogP contribution < -0.4 is 4.90 Å². The maximum Gasteiger partial charge on any atom is 0.128 e. The minimum Gasteiger partial charge on any atom is -0.392 e. The van der Waals surface area contributed by atoms with Crippen LogP contribution in [0.3, 0.4) is 0 Å². The van der Waals surface area contributed by atoms with E-state index in [9.17, 15) is 0 Å². The number of hydrogen-bond donors (Lipinski definition) is 1. The molecular formula is C13H22N2O. The van der Waals surface area contributed by atoms with Crippen LogP contribution in [0.4, 0.5) is 5.82 Å². The Kier molecular flexibility index (Phi) is 4.74. The van der Waals surface area contributed by atoms with Gasteiger partial charge in [0.05, 0.1) is 6.61 Å². The highest BCUT2D eigenvalue weighted by atomic mass is 16.3. The molecule has 0 aromatic carbocycles. The number of aliphatic hydroxyl groups excluding tert-OH is 1. The minimum atomic E-state index is 0.0778. The monoisotopic (exact) mass is 222 g/mol. The van der Waals surface area contributed by atoms with Crippen molar-refractivity contribution in [3.05, 3.63) is 23.4 Å². The number of pyridine rings is 1. The number of aromatic nitrogens is 1. The van der Waals surface area contributed by atoms with E-state index < -0.39 is 0 Å². The Bertz CT molecular complexity index is 337. The van der Waals surface area contributed by atoms with Crippen LogP contribution in [0.1, 0.15) is 31.5 Å². The normalized spacial score (nSPS) is 10.9. The van der Waals surface area contributed by atoms with E-state index in [-0.39, 0.29) is 6.61 Å². The second-order valence-electron chi connectivity index (χ2n) is 4.74. The minimum absolute atomic E-state index is 0.0778. The number of rotatable bonds is 5. The molecular weight excluding hydrogens is 200 g/mol. The smallest absolute Gasteiger partial charge is 0.128 e. The van der Waals surface area contributed by atoms with E-state index in [4.69, 9.17) is 5.11 Å². The van der Waals surface area contributed by atoms with E-state index in [1.54, 1.807) is 0 Å². The summed E-state index contributed by atoms with van der Waals surface area (Å²) in [6.45, 7) is 7.47. The van der Waals surface area contributed by atoms with Crippen molar-refractivity contribution >= 4 is 5.82 Å². The lowest BCUT2D eigenvalue weighted by atomic mass is 10.1. The second kappa shape index (κ2) is 5.85. The number of hydrogen-bond acceptors (Lipinski definition) is 3. The molecule has 1 rings (SSSR count). The summed E-state index contributed by atoms with van der Waals surface area (Å²) in [5.41, 5.74) is 1.89. The number of nitrogens with zero attached hydrogens (tertiary/aromatic N) is 2. The number of aryl methyl sites for hydroxylation is 1. The predicted molar refractivity (Wildman–Crippen MR) is 67.6 cm³/mol. The van der Waals surface area contributed by atoms with Gasteiger partial charge < -0.3 is 10.0 Å². The van der Waals surface area contributed by atoms with Crippen LogP contribution in [-0.4, -0.2) is 23.7 Å². The maximum atomic E-state index is 9.14. The molecule has 0 aliphatic carbocycles. The fraction of sp³-hybridized carbons (Fsp3) is 0.615. The molecule has 0 amide bonds. The van der Waals surface area contributed by atoms with Crippen molar-refractivity contribution in [2.24, 2.45) is 5.92 Å². The van der Waals surface area contributed by atoms with Gasteiger partial charge in [0, 0.05) is 19.3 Å². The summed E-state index contributed by atoms with van der Waals surface area (Å²) in [6, 6.07) is 3.87. The summed E-state index contributed by atoms with van der Waals surface area (Å²) in [5.74, 6) is 1.65. The first kappa shape index (κ1) is 13.0. The Balaban J connectivity index is 2.74. The highest BCUT2D eigenvalue weighted by molar-refractivity contribution is 5.41. The molecule has 1 heterocycles. The zero-order valence-corrected chi connectivity index (χ0v) is 10.7. The molecule has 0 bridgehead atoms. The highest BCUT2D eigenvalue weighted by Crippen LogP contribution is 2.15. The molecule has 0 spiro atoms. The van der Waals surface area contributed by atoms with Crippen molar-refractivity contribution in [3.63, 3.8) is 0 Å². The molecule has 3 heteroatoms. The summed E-state index contributed by atoms with van der Waals surface area (Å²) in [6.07, 6.45) is 1.15. The summed E-state index contributed by atoms with van der Waals surface area (Å²) < 4.78 is 0.